The van der Waals surface area contributed by atoms with Crippen molar-refractivity contribution in [2.75, 3.05) is 13.2 Å². The van der Waals surface area contributed by atoms with Crippen LogP contribution in [0, 0.1) is 0 Å². The van der Waals surface area contributed by atoms with Crippen molar-refractivity contribution in [1.29, 1.82) is 0 Å². The molecule has 0 aromatic carbocycles. The number of unbranched alkanes of at least 4 members (excludes halogenated alkanes) is 37. The van der Waals surface area contributed by atoms with Gasteiger partial charge in [0.2, 0.25) is 0 Å². The maximum atomic E-state index is 12.7. The third kappa shape index (κ3) is 45.5. The van der Waals surface area contributed by atoms with Crippen LogP contribution >= 0.6 is 0 Å². The molecule has 0 aromatic heterocycles. The smallest absolute Gasteiger partial charge is 0.306 e. The van der Waals surface area contributed by atoms with Gasteiger partial charge in [0.15, 0.2) is 6.10 Å². The van der Waals surface area contributed by atoms with Gasteiger partial charge in [-0.3, -0.25) is 14.4 Å². The van der Waals surface area contributed by atoms with Gasteiger partial charge in [0, 0.05) is 19.3 Å². The van der Waals surface area contributed by atoms with Crippen molar-refractivity contribution in [3.05, 3.63) is 0 Å². The van der Waals surface area contributed by atoms with Gasteiger partial charge in [-0.05, 0) is 19.3 Å². The fourth-order valence-electron chi connectivity index (χ4n) is 7.92. The van der Waals surface area contributed by atoms with E-state index in [1.54, 1.807) is 0 Å². The summed E-state index contributed by atoms with van der Waals surface area (Å²) in [7, 11) is 0. The number of hydrogen-bond acceptors (Lipinski definition) is 6. The van der Waals surface area contributed by atoms with E-state index in [0.717, 1.165) is 57.8 Å². The van der Waals surface area contributed by atoms with E-state index in [4.69, 9.17) is 14.2 Å². The minimum atomic E-state index is -0.759. The first-order valence-corrected chi connectivity index (χ1v) is 26.0. The summed E-state index contributed by atoms with van der Waals surface area (Å²) in [5.41, 5.74) is 0. The Kier molecular flexibility index (Phi) is 46.8. The topological polar surface area (TPSA) is 78.9 Å². The molecule has 0 aromatic rings. The lowest BCUT2D eigenvalue weighted by Gasteiger charge is -2.18. The molecule has 1 unspecified atom stereocenters. The van der Waals surface area contributed by atoms with Gasteiger partial charge in [0.1, 0.15) is 13.2 Å². The quantitative estimate of drug-likeness (QED) is 0.0346. The summed E-state index contributed by atoms with van der Waals surface area (Å²) in [5, 5.41) is 0. The van der Waals surface area contributed by atoms with Crippen molar-refractivity contribution < 1.29 is 28.6 Å². The third-order valence-electron chi connectivity index (χ3n) is 11.9. The van der Waals surface area contributed by atoms with E-state index in [1.807, 2.05) is 0 Å². The molecule has 0 aliphatic rings. The lowest BCUT2D eigenvalue weighted by Crippen LogP contribution is -2.30. The average molecular weight is 821 g/mol. The second-order valence-electron chi connectivity index (χ2n) is 17.8. The highest BCUT2D eigenvalue weighted by molar-refractivity contribution is 5.71. The summed E-state index contributed by atoms with van der Waals surface area (Å²) in [6.45, 7) is 6.67. The molecule has 0 fully saturated rings. The van der Waals surface area contributed by atoms with Gasteiger partial charge < -0.3 is 14.2 Å². The molecule has 0 rings (SSSR count). The van der Waals surface area contributed by atoms with Crippen LogP contribution in [0.25, 0.3) is 0 Å². The second kappa shape index (κ2) is 48.1. The number of rotatable bonds is 48. The van der Waals surface area contributed by atoms with Crippen molar-refractivity contribution in [2.24, 2.45) is 0 Å². The van der Waals surface area contributed by atoms with Crippen LogP contribution in [0.2, 0.25) is 0 Å². The normalized spacial score (nSPS) is 11.8. The second-order valence-corrected chi connectivity index (χ2v) is 17.8. The Hall–Kier alpha value is -1.59. The maximum Gasteiger partial charge on any atom is 0.306 e. The first-order valence-electron chi connectivity index (χ1n) is 26.0. The maximum absolute atomic E-state index is 12.7. The molecular formula is C52H100O6. The van der Waals surface area contributed by atoms with Gasteiger partial charge in [0.05, 0.1) is 0 Å². The Labute approximate surface area is 361 Å². The highest BCUT2D eigenvalue weighted by atomic mass is 16.6. The molecule has 6 heteroatoms. The zero-order valence-corrected chi connectivity index (χ0v) is 39.3. The summed E-state index contributed by atoms with van der Waals surface area (Å²) in [6, 6.07) is 0. The van der Waals surface area contributed by atoms with Gasteiger partial charge >= 0.3 is 17.9 Å². The minimum Gasteiger partial charge on any atom is -0.462 e. The molecule has 0 heterocycles. The number of hydrogen-bond donors (Lipinski definition) is 0. The molecule has 0 bridgehead atoms. The predicted molar refractivity (Wildman–Crippen MR) is 247 cm³/mol. The van der Waals surface area contributed by atoms with Gasteiger partial charge in [-0.2, -0.15) is 0 Å². The lowest BCUT2D eigenvalue weighted by molar-refractivity contribution is -0.167. The largest absolute Gasteiger partial charge is 0.462 e. The summed E-state index contributed by atoms with van der Waals surface area (Å²) in [4.78, 5) is 37.9. The molecule has 0 radical (unpaired) electrons. The van der Waals surface area contributed by atoms with E-state index >= 15 is 0 Å². The van der Waals surface area contributed by atoms with Crippen LogP contribution in [-0.4, -0.2) is 37.2 Å². The predicted octanol–water partition coefficient (Wildman–Crippen LogP) is 16.8. The van der Waals surface area contributed by atoms with Crippen LogP contribution in [-0.2, 0) is 28.6 Å². The molecule has 58 heavy (non-hydrogen) atoms. The first-order chi connectivity index (χ1) is 28.5. The van der Waals surface area contributed by atoms with Crippen molar-refractivity contribution >= 4 is 17.9 Å². The van der Waals surface area contributed by atoms with Gasteiger partial charge in [-0.25, -0.2) is 0 Å². The molecule has 0 saturated heterocycles. The number of ether oxygens (including phenoxy) is 3. The van der Waals surface area contributed by atoms with Crippen LogP contribution in [0.4, 0.5) is 0 Å². The van der Waals surface area contributed by atoms with Crippen molar-refractivity contribution in [3.63, 3.8) is 0 Å². The van der Waals surface area contributed by atoms with Crippen molar-refractivity contribution in [2.45, 2.75) is 303 Å². The zero-order chi connectivity index (χ0) is 42.3. The summed E-state index contributed by atoms with van der Waals surface area (Å²) in [6.07, 6.45) is 50.9. The standard InChI is InChI=1S/C52H100O6/c1-4-7-10-13-16-19-22-23-24-25-26-27-28-31-33-36-39-42-45-51(54)57-48-49(58-52(55)46-43-40-37-34-30-21-18-15-12-9-6-3)47-56-50(53)44-41-38-35-32-29-20-17-14-11-8-5-2/h49H,4-48H2,1-3H3. The molecule has 0 N–H and O–H groups in total. The molecule has 344 valence electrons. The minimum absolute atomic E-state index is 0.0619. The summed E-state index contributed by atoms with van der Waals surface area (Å²) >= 11 is 0. The number of carbonyl (C=O) groups is 3. The highest BCUT2D eigenvalue weighted by Gasteiger charge is 2.19. The molecule has 0 aliphatic heterocycles. The Morgan fingerprint density at radius 2 is 0.466 bits per heavy atom. The van der Waals surface area contributed by atoms with E-state index in [2.05, 4.69) is 20.8 Å². The number of esters is 3. The Balaban J connectivity index is 4.23. The van der Waals surface area contributed by atoms with Crippen LogP contribution in [0.3, 0.4) is 0 Å². The van der Waals surface area contributed by atoms with E-state index in [-0.39, 0.29) is 31.1 Å². The summed E-state index contributed by atoms with van der Waals surface area (Å²) < 4.78 is 16.8. The summed E-state index contributed by atoms with van der Waals surface area (Å²) in [5.74, 6) is -0.843. The fourth-order valence-corrected chi connectivity index (χ4v) is 7.92. The van der Waals surface area contributed by atoms with Crippen LogP contribution < -0.4 is 0 Å². The van der Waals surface area contributed by atoms with Crippen LogP contribution in [0.15, 0.2) is 0 Å². The fraction of sp³-hybridized carbons (Fsp3) is 0.942. The van der Waals surface area contributed by atoms with E-state index < -0.39 is 6.10 Å². The van der Waals surface area contributed by atoms with Crippen molar-refractivity contribution in [1.82, 2.24) is 0 Å². The van der Waals surface area contributed by atoms with E-state index in [0.29, 0.717) is 19.3 Å². The molecular weight excluding hydrogens is 721 g/mol. The van der Waals surface area contributed by atoms with E-state index in [1.165, 1.54) is 199 Å². The molecule has 0 saturated carbocycles. The average Bonchev–Trinajstić information content (AvgIpc) is 3.22. The van der Waals surface area contributed by atoms with Crippen LogP contribution in [0.1, 0.15) is 297 Å². The lowest BCUT2D eigenvalue weighted by atomic mass is 10.0. The third-order valence-corrected chi connectivity index (χ3v) is 11.9. The Morgan fingerprint density at radius 3 is 0.690 bits per heavy atom. The number of carbonyl (C=O) groups excluding carboxylic acids is 3. The van der Waals surface area contributed by atoms with Crippen LogP contribution in [0.5, 0.6) is 0 Å². The monoisotopic (exact) mass is 821 g/mol. The van der Waals surface area contributed by atoms with Crippen molar-refractivity contribution in [3.8, 4) is 0 Å². The molecule has 0 aliphatic carbocycles. The highest BCUT2D eigenvalue weighted by Crippen LogP contribution is 2.17. The zero-order valence-electron chi connectivity index (χ0n) is 39.3. The SMILES string of the molecule is CCCCCCCCCCCCCCCCCCCCC(=O)OCC(COC(=O)CCCCCCCCCCCCC)OC(=O)CCCCCCCCCCCCC. The van der Waals surface area contributed by atoms with Gasteiger partial charge in [0.25, 0.3) is 0 Å². The molecule has 0 spiro atoms. The molecule has 6 nitrogen and oxygen atoms in total. The van der Waals surface area contributed by atoms with Gasteiger partial charge in [-0.15, -0.1) is 0 Å². The van der Waals surface area contributed by atoms with Gasteiger partial charge in [-0.1, -0.05) is 258 Å². The molecule has 0 amide bonds. The first kappa shape index (κ1) is 56.4. The molecule has 1 atom stereocenters. The van der Waals surface area contributed by atoms with E-state index in [9.17, 15) is 14.4 Å². The Bertz CT molecular complexity index is 859. The Morgan fingerprint density at radius 1 is 0.276 bits per heavy atom.